The topological polar surface area (TPSA) is 40.2 Å². The molecular formula is C33H32FNO4. The van der Waals surface area contributed by atoms with Gasteiger partial charge in [0, 0.05) is 46.9 Å². The Kier molecular flexibility index (Phi) is 6.55. The zero-order valence-corrected chi connectivity index (χ0v) is 22.5. The lowest BCUT2D eigenvalue weighted by atomic mass is 9.82. The van der Waals surface area contributed by atoms with Crippen molar-refractivity contribution in [2.75, 3.05) is 39.3 Å². The Labute approximate surface area is 228 Å². The monoisotopic (exact) mass is 525 g/mol. The smallest absolute Gasteiger partial charge is 0.180 e. The van der Waals surface area contributed by atoms with Crippen LogP contribution in [0.1, 0.15) is 36.0 Å². The van der Waals surface area contributed by atoms with Crippen molar-refractivity contribution < 1.29 is 23.3 Å². The standard InChI is InChI=1S/C33H32FNO4/c1-36-25-20-26-29(37-2)19-22-15-16-33(27-9-5-6-10-28(27)34,39-32(22)31(26)30(21-25)38-3)23-11-13-24(14-12-23)35-17-7-4-8-18-35/h5-6,9-16,19-21H,4,7-8,17-18H2,1-3H3. The van der Waals surface area contributed by atoms with Gasteiger partial charge in [0.25, 0.3) is 0 Å². The molecule has 0 amide bonds. The summed E-state index contributed by atoms with van der Waals surface area (Å²) in [6.45, 7) is 2.11. The fourth-order valence-electron chi connectivity index (χ4n) is 5.82. The molecule has 0 aromatic heterocycles. The normalized spacial score (nSPS) is 18.4. The highest BCUT2D eigenvalue weighted by molar-refractivity contribution is 6.02. The molecule has 0 N–H and O–H groups in total. The molecule has 4 aromatic rings. The average molecular weight is 526 g/mol. The molecule has 2 aliphatic rings. The molecular weight excluding hydrogens is 493 g/mol. The van der Waals surface area contributed by atoms with E-state index < -0.39 is 5.60 Å². The number of nitrogens with zero attached hydrogens (tertiary/aromatic N) is 1. The van der Waals surface area contributed by atoms with Crippen molar-refractivity contribution in [1.82, 2.24) is 0 Å². The summed E-state index contributed by atoms with van der Waals surface area (Å²) in [5.74, 6) is 2.14. The Morgan fingerprint density at radius 1 is 0.821 bits per heavy atom. The Morgan fingerprint density at radius 2 is 1.56 bits per heavy atom. The van der Waals surface area contributed by atoms with Crippen molar-refractivity contribution in [3.05, 3.63) is 95.3 Å². The van der Waals surface area contributed by atoms with E-state index in [0.717, 1.165) is 35.0 Å². The second-order valence-corrected chi connectivity index (χ2v) is 9.99. The molecule has 2 heterocycles. The molecule has 4 aromatic carbocycles. The van der Waals surface area contributed by atoms with Gasteiger partial charge in [0.2, 0.25) is 0 Å². The molecule has 6 rings (SSSR count). The molecule has 39 heavy (non-hydrogen) atoms. The molecule has 1 atom stereocenters. The van der Waals surface area contributed by atoms with Crippen LogP contribution < -0.4 is 23.8 Å². The number of ether oxygens (including phenoxy) is 4. The lowest BCUT2D eigenvalue weighted by molar-refractivity contribution is 0.158. The van der Waals surface area contributed by atoms with E-state index in [1.54, 1.807) is 33.5 Å². The molecule has 0 aliphatic carbocycles. The predicted molar refractivity (Wildman–Crippen MR) is 153 cm³/mol. The summed E-state index contributed by atoms with van der Waals surface area (Å²) >= 11 is 0. The maximum atomic E-state index is 15.5. The van der Waals surface area contributed by atoms with Crippen LogP contribution >= 0.6 is 0 Å². The predicted octanol–water partition coefficient (Wildman–Crippen LogP) is 7.34. The SMILES string of the molecule is COc1cc(OC)c2c3c(cc(OC)c2c1)C=CC(c1ccc(N2CCCCC2)cc1)(c1ccccc1F)O3. The van der Waals surface area contributed by atoms with E-state index in [2.05, 4.69) is 29.2 Å². The molecule has 0 radical (unpaired) electrons. The zero-order valence-electron chi connectivity index (χ0n) is 22.5. The minimum atomic E-state index is -1.19. The van der Waals surface area contributed by atoms with Crippen LogP contribution in [0.2, 0.25) is 0 Å². The fraction of sp³-hybridized carbons (Fsp3) is 0.273. The van der Waals surface area contributed by atoms with Gasteiger partial charge in [0.05, 0.1) is 26.7 Å². The lowest BCUT2D eigenvalue weighted by Gasteiger charge is -2.37. The third kappa shape index (κ3) is 4.24. The van der Waals surface area contributed by atoms with E-state index in [1.807, 2.05) is 36.4 Å². The Hall–Kier alpha value is -4.19. The van der Waals surface area contributed by atoms with Crippen molar-refractivity contribution in [1.29, 1.82) is 0 Å². The summed E-state index contributed by atoms with van der Waals surface area (Å²) in [5.41, 5.74) is 2.08. The first kappa shape index (κ1) is 25.1. The lowest BCUT2D eigenvalue weighted by Crippen LogP contribution is -2.35. The maximum Gasteiger partial charge on any atom is 0.180 e. The highest BCUT2D eigenvalue weighted by atomic mass is 19.1. The van der Waals surface area contributed by atoms with Gasteiger partial charge in [-0.1, -0.05) is 36.4 Å². The molecule has 0 spiro atoms. The Bertz CT molecular complexity index is 1540. The van der Waals surface area contributed by atoms with E-state index in [-0.39, 0.29) is 5.82 Å². The van der Waals surface area contributed by atoms with Crippen LogP contribution in [-0.2, 0) is 5.60 Å². The van der Waals surface area contributed by atoms with Crippen molar-refractivity contribution >= 4 is 22.5 Å². The van der Waals surface area contributed by atoms with Gasteiger partial charge < -0.3 is 23.8 Å². The van der Waals surface area contributed by atoms with Crippen molar-refractivity contribution in [2.24, 2.45) is 0 Å². The third-order valence-electron chi connectivity index (χ3n) is 7.84. The van der Waals surface area contributed by atoms with Crippen LogP contribution in [0.3, 0.4) is 0 Å². The van der Waals surface area contributed by atoms with E-state index in [4.69, 9.17) is 18.9 Å². The summed E-state index contributed by atoms with van der Waals surface area (Å²) in [4.78, 5) is 2.41. The van der Waals surface area contributed by atoms with Crippen molar-refractivity contribution in [2.45, 2.75) is 24.9 Å². The van der Waals surface area contributed by atoms with Crippen LogP contribution in [0.15, 0.2) is 72.8 Å². The van der Waals surface area contributed by atoms with Crippen molar-refractivity contribution in [3.63, 3.8) is 0 Å². The van der Waals surface area contributed by atoms with Gasteiger partial charge in [-0.25, -0.2) is 4.39 Å². The number of anilines is 1. The first-order valence-corrected chi connectivity index (χ1v) is 13.3. The molecule has 2 aliphatic heterocycles. The van der Waals surface area contributed by atoms with Gasteiger partial charge in [-0.3, -0.25) is 0 Å². The van der Waals surface area contributed by atoms with Gasteiger partial charge in [-0.15, -0.1) is 0 Å². The first-order valence-electron chi connectivity index (χ1n) is 13.3. The van der Waals surface area contributed by atoms with Crippen molar-refractivity contribution in [3.8, 4) is 23.0 Å². The summed E-state index contributed by atoms with van der Waals surface area (Å²) in [6, 6.07) is 20.8. The number of halogens is 1. The molecule has 1 fully saturated rings. The van der Waals surface area contributed by atoms with Crippen LogP contribution in [-0.4, -0.2) is 34.4 Å². The molecule has 200 valence electrons. The molecule has 0 saturated carbocycles. The minimum absolute atomic E-state index is 0.336. The Balaban J connectivity index is 1.56. The van der Waals surface area contributed by atoms with Crippen LogP contribution in [0.4, 0.5) is 10.1 Å². The summed E-state index contributed by atoms with van der Waals surface area (Å²) in [5, 5.41) is 1.52. The van der Waals surface area contributed by atoms with Gasteiger partial charge in [-0.2, -0.15) is 0 Å². The third-order valence-corrected chi connectivity index (χ3v) is 7.84. The van der Waals surface area contributed by atoms with Crippen LogP contribution in [0, 0.1) is 5.82 Å². The van der Waals surface area contributed by atoms with Gasteiger partial charge in [-0.05, 0) is 55.7 Å². The molecule has 6 heteroatoms. The second-order valence-electron chi connectivity index (χ2n) is 9.99. The number of rotatable bonds is 6. The number of methoxy groups -OCH3 is 3. The quantitative estimate of drug-likeness (QED) is 0.263. The van der Waals surface area contributed by atoms with E-state index in [9.17, 15) is 0 Å². The molecule has 1 unspecified atom stereocenters. The number of benzene rings is 4. The van der Waals surface area contributed by atoms with Gasteiger partial charge in [0.1, 0.15) is 28.8 Å². The zero-order chi connectivity index (χ0) is 27.0. The Morgan fingerprint density at radius 3 is 2.26 bits per heavy atom. The van der Waals surface area contributed by atoms with E-state index in [0.29, 0.717) is 28.6 Å². The minimum Gasteiger partial charge on any atom is -0.497 e. The second kappa shape index (κ2) is 10.2. The van der Waals surface area contributed by atoms with Gasteiger partial charge >= 0.3 is 0 Å². The first-order chi connectivity index (χ1) is 19.1. The highest BCUT2D eigenvalue weighted by Crippen LogP contribution is 2.51. The highest BCUT2D eigenvalue weighted by Gasteiger charge is 2.40. The number of hydrogen-bond donors (Lipinski definition) is 0. The van der Waals surface area contributed by atoms with Crippen LogP contribution in [0.5, 0.6) is 23.0 Å². The number of piperidine rings is 1. The molecule has 1 saturated heterocycles. The van der Waals surface area contributed by atoms with Gasteiger partial charge in [0.15, 0.2) is 5.60 Å². The number of fused-ring (bicyclic) bond motifs is 3. The maximum absolute atomic E-state index is 15.5. The fourth-order valence-corrected chi connectivity index (χ4v) is 5.82. The molecule has 0 bridgehead atoms. The number of hydrogen-bond acceptors (Lipinski definition) is 5. The average Bonchev–Trinajstić information content (AvgIpc) is 3.00. The van der Waals surface area contributed by atoms with Crippen LogP contribution in [0.25, 0.3) is 16.8 Å². The summed E-state index contributed by atoms with van der Waals surface area (Å²) < 4.78 is 39.6. The summed E-state index contributed by atoms with van der Waals surface area (Å²) in [7, 11) is 4.86. The summed E-state index contributed by atoms with van der Waals surface area (Å²) in [6.07, 6.45) is 7.59. The molecule has 5 nitrogen and oxygen atoms in total. The van der Waals surface area contributed by atoms with E-state index in [1.165, 1.54) is 31.0 Å². The largest absolute Gasteiger partial charge is 0.497 e. The van der Waals surface area contributed by atoms with E-state index >= 15 is 4.39 Å².